The van der Waals surface area contributed by atoms with E-state index in [4.69, 9.17) is 9.47 Å². The summed E-state index contributed by atoms with van der Waals surface area (Å²) >= 11 is 0. The lowest BCUT2D eigenvalue weighted by atomic mass is 9.74. The highest BCUT2D eigenvalue weighted by Crippen LogP contribution is 2.46. The number of carbonyl (C=O) groups excluding carboxylic acids is 1. The molecule has 148 valence electrons. The molecule has 2 N–H and O–H groups in total. The summed E-state index contributed by atoms with van der Waals surface area (Å²) in [6.45, 7) is 6.27. The van der Waals surface area contributed by atoms with E-state index in [1.807, 2.05) is 20.8 Å². The predicted octanol–water partition coefficient (Wildman–Crippen LogP) is 3.26. The number of benzene rings is 1. The van der Waals surface area contributed by atoms with Gasteiger partial charge in [-0.1, -0.05) is 23.8 Å². The summed E-state index contributed by atoms with van der Waals surface area (Å²) in [6, 6.07) is 6.23. The molecule has 0 amide bonds. The fourth-order valence-electron chi connectivity index (χ4n) is 4.57. The molecule has 3 rings (SSSR count). The SMILES string of the molecule is CCOC(=O)CC1=C(c2cc(C)ccc2C)C(O)NC12CCC(OC)CC2. The van der Waals surface area contributed by atoms with Crippen molar-refractivity contribution in [3.05, 3.63) is 40.5 Å². The van der Waals surface area contributed by atoms with Crippen LogP contribution in [0.5, 0.6) is 0 Å². The lowest BCUT2D eigenvalue weighted by molar-refractivity contribution is -0.142. The van der Waals surface area contributed by atoms with E-state index in [-0.39, 0.29) is 24.0 Å². The maximum atomic E-state index is 12.4. The molecule has 1 unspecified atom stereocenters. The fourth-order valence-corrected chi connectivity index (χ4v) is 4.57. The number of carbonyl (C=O) groups is 1. The number of nitrogens with one attached hydrogen (secondary N) is 1. The monoisotopic (exact) mass is 373 g/mol. The number of aryl methyl sites for hydroxylation is 2. The van der Waals surface area contributed by atoms with Crippen LogP contribution in [-0.4, -0.2) is 42.7 Å². The Morgan fingerprint density at radius 1 is 1.30 bits per heavy atom. The van der Waals surface area contributed by atoms with Gasteiger partial charge >= 0.3 is 5.97 Å². The van der Waals surface area contributed by atoms with Crippen LogP contribution in [0.15, 0.2) is 23.8 Å². The second kappa shape index (κ2) is 8.13. The number of hydrogen-bond donors (Lipinski definition) is 2. The first-order valence-electron chi connectivity index (χ1n) is 9.85. The zero-order valence-electron chi connectivity index (χ0n) is 16.8. The van der Waals surface area contributed by atoms with Crippen LogP contribution in [0.2, 0.25) is 0 Å². The molecular weight excluding hydrogens is 342 g/mol. The molecule has 0 bridgehead atoms. The van der Waals surface area contributed by atoms with Gasteiger partial charge in [-0.2, -0.15) is 0 Å². The Morgan fingerprint density at radius 2 is 2.00 bits per heavy atom. The molecule has 1 aromatic carbocycles. The van der Waals surface area contributed by atoms with E-state index in [9.17, 15) is 9.90 Å². The van der Waals surface area contributed by atoms with E-state index in [2.05, 4.69) is 23.5 Å². The minimum atomic E-state index is -0.783. The molecule has 5 heteroatoms. The van der Waals surface area contributed by atoms with Gasteiger partial charge in [0.1, 0.15) is 6.23 Å². The largest absolute Gasteiger partial charge is 0.466 e. The molecule has 1 heterocycles. The lowest BCUT2D eigenvalue weighted by Gasteiger charge is -2.39. The van der Waals surface area contributed by atoms with E-state index in [0.29, 0.717) is 6.61 Å². The number of hydrogen-bond acceptors (Lipinski definition) is 5. The summed E-state index contributed by atoms with van der Waals surface area (Å²) in [4.78, 5) is 12.4. The number of rotatable bonds is 5. The molecule has 0 aromatic heterocycles. The smallest absolute Gasteiger partial charge is 0.309 e. The number of aliphatic hydroxyl groups excluding tert-OH is 1. The van der Waals surface area contributed by atoms with Gasteiger partial charge in [0, 0.05) is 18.2 Å². The van der Waals surface area contributed by atoms with E-state index in [0.717, 1.165) is 53.5 Å². The maximum Gasteiger partial charge on any atom is 0.309 e. The summed E-state index contributed by atoms with van der Waals surface area (Å²) in [5, 5.41) is 14.4. The van der Waals surface area contributed by atoms with E-state index in [1.54, 1.807) is 7.11 Å². The summed E-state index contributed by atoms with van der Waals surface area (Å²) in [5.74, 6) is -0.237. The molecule has 1 atom stereocenters. The fraction of sp³-hybridized carbons (Fsp3) is 0.591. The molecule has 1 aliphatic carbocycles. The molecular formula is C22H31NO4. The lowest BCUT2D eigenvalue weighted by Crippen LogP contribution is -2.49. The second-order valence-corrected chi connectivity index (χ2v) is 7.76. The number of aliphatic hydroxyl groups is 1. The van der Waals surface area contributed by atoms with Gasteiger partial charge in [0.15, 0.2) is 0 Å². The van der Waals surface area contributed by atoms with E-state index < -0.39 is 6.23 Å². The number of ether oxygens (including phenoxy) is 2. The van der Waals surface area contributed by atoms with Crippen molar-refractivity contribution < 1.29 is 19.4 Å². The average Bonchev–Trinajstić information content (AvgIpc) is 2.89. The quantitative estimate of drug-likeness (QED) is 0.776. The Morgan fingerprint density at radius 3 is 2.63 bits per heavy atom. The summed E-state index contributed by atoms with van der Waals surface area (Å²) in [5.41, 5.74) is 4.71. The Balaban J connectivity index is 2.07. The Labute approximate surface area is 161 Å². The third-order valence-corrected chi connectivity index (χ3v) is 6.02. The Hall–Kier alpha value is -1.69. The standard InChI is InChI=1S/C22H31NO4/c1-5-27-19(24)13-18-20(17-12-14(2)6-7-15(17)3)21(25)23-22(18)10-8-16(26-4)9-11-22/h6-7,12,16,21,23,25H,5,8-11,13H2,1-4H3. The molecule has 1 saturated carbocycles. The maximum absolute atomic E-state index is 12.4. The normalized spacial score (nSPS) is 28.0. The van der Waals surface area contributed by atoms with Gasteiger partial charge in [0.25, 0.3) is 0 Å². The third kappa shape index (κ3) is 3.96. The van der Waals surface area contributed by atoms with Crippen LogP contribution in [-0.2, 0) is 14.3 Å². The van der Waals surface area contributed by atoms with Crippen molar-refractivity contribution in [1.82, 2.24) is 5.32 Å². The van der Waals surface area contributed by atoms with Gasteiger partial charge in [-0.25, -0.2) is 0 Å². The first-order chi connectivity index (χ1) is 12.9. The molecule has 2 aliphatic rings. The van der Waals surface area contributed by atoms with Crippen molar-refractivity contribution >= 4 is 11.5 Å². The van der Waals surface area contributed by atoms with Crippen molar-refractivity contribution in [2.45, 2.75) is 70.7 Å². The van der Waals surface area contributed by atoms with E-state index in [1.165, 1.54) is 0 Å². The Bertz CT molecular complexity index is 732. The Kier molecular flexibility index (Phi) is 6.04. The summed E-state index contributed by atoms with van der Waals surface area (Å²) in [6.07, 6.45) is 3.15. The minimum absolute atomic E-state index is 0.207. The molecule has 27 heavy (non-hydrogen) atoms. The van der Waals surface area contributed by atoms with Crippen LogP contribution in [0, 0.1) is 13.8 Å². The summed E-state index contributed by atoms with van der Waals surface area (Å²) < 4.78 is 10.8. The molecule has 1 aromatic rings. The van der Waals surface area contributed by atoms with Gasteiger partial charge in [-0.05, 0) is 63.2 Å². The van der Waals surface area contributed by atoms with Crippen LogP contribution in [0.3, 0.4) is 0 Å². The highest BCUT2D eigenvalue weighted by atomic mass is 16.5. The average molecular weight is 373 g/mol. The van der Waals surface area contributed by atoms with Crippen LogP contribution in [0.1, 0.15) is 55.7 Å². The zero-order valence-corrected chi connectivity index (χ0v) is 16.8. The highest BCUT2D eigenvalue weighted by molar-refractivity contribution is 5.84. The van der Waals surface area contributed by atoms with Crippen LogP contribution < -0.4 is 5.32 Å². The van der Waals surface area contributed by atoms with Gasteiger partial charge in [0.05, 0.1) is 19.1 Å². The first-order valence-corrected chi connectivity index (χ1v) is 9.85. The van der Waals surface area contributed by atoms with Gasteiger partial charge in [0.2, 0.25) is 0 Å². The van der Waals surface area contributed by atoms with Crippen LogP contribution >= 0.6 is 0 Å². The van der Waals surface area contributed by atoms with E-state index >= 15 is 0 Å². The topological polar surface area (TPSA) is 67.8 Å². The highest BCUT2D eigenvalue weighted by Gasteiger charge is 2.47. The first kappa shape index (κ1) is 20.1. The summed E-state index contributed by atoms with van der Waals surface area (Å²) in [7, 11) is 1.75. The van der Waals surface area contributed by atoms with Crippen LogP contribution in [0.4, 0.5) is 0 Å². The van der Waals surface area contributed by atoms with Crippen molar-refractivity contribution in [3.63, 3.8) is 0 Å². The molecule has 5 nitrogen and oxygen atoms in total. The van der Waals surface area contributed by atoms with Crippen LogP contribution in [0.25, 0.3) is 5.57 Å². The molecule has 1 aliphatic heterocycles. The zero-order chi connectivity index (χ0) is 19.6. The second-order valence-electron chi connectivity index (χ2n) is 7.76. The molecule has 0 radical (unpaired) electrons. The van der Waals surface area contributed by atoms with Gasteiger partial charge in [-0.3, -0.25) is 10.1 Å². The van der Waals surface area contributed by atoms with Crippen molar-refractivity contribution in [3.8, 4) is 0 Å². The molecule has 1 spiro atoms. The number of esters is 1. The molecule has 1 fully saturated rings. The van der Waals surface area contributed by atoms with Crippen molar-refractivity contribution in [1.29, 1.82) is 0 Å². The third-order valence-electron chi connectivity index (χ3n) is 6.02. The predicted molar refractivity (Wildman–Crippen MR) is 105 cm³/mol. The van der Waals surface area contributed by atoms with Crippen molar-refractivity contribution in [2.24, 2.45) is 0 Å². The van der Waals surface area contributed by atoms with Gasteiger partial charge < -0.3 is 14.6 Å². The van der Waals surface area contributed by atoms with Gasteiger partial charge in [-0.15, -0.1) is 0 Å². The minimum Gasteiger partial charge on any atom is -0.466 e. The molecule has 0 saturated heterocycles. The van der Waals surface area contributed by atoms with Crippen molar-refractivity contribution in [2.75, 3.05) is 13.7 Å². The number of methoxy groups -OCH3 is 1.